The average Bonchev–Trinajstić information content (AvgIpc) is 2.34. The van der Waals surface area contributed by atoms with Crippen molar-refractivity contribution in [2.45, 2.75) is 26.3 Å². The molecular formula is C8H13NO3. The van der Waals surface area contributed by atoms with E-state index in [1.807, 2.05) is 0 Å². The van der Waals surface area contributed by atoms with Gasteiger partial charge < -0.3 is 4.74 Å². The molecule has 1 unspecified atom stereocenters. The van der Waals surface area contributed by atoms with Crippen molar-refractivity contribution in [2.24, 2.45) is 0 Å². The van der Waals surface area contributed by atoms with E-state index in [0.717, 1.165) is 0 Å². The lowest BCUT2D eigenvalue weighted by Crippen LogP contribution is -2.36. The number of nitrogens with zero attached hydrogens (tertiary/aromatic N) is 1. The molecule has 0 aromatic carbocycles. The maximum absolute atomic E-state index is 11.2. The minimum Gasteiger partial charge on any atom is -0.450 e. The Labute approximate surface area is 71.5 Å². The fourth-order valence-electron chi connectivity index (χ4n) is 1.26. The molecule has 0 aromatic heterocycles. The molecule has 1 aliphatic heterocycles. The zero-order valence-electron chi connectivity index (χ0n) is 7.37. The summed E-state index contributed by atoms with van der Waals surface area (Å²) < 4.78 is 4.78. The van der Waals surface area contributed by atoms with Gasteiger partial charge in [-0.3, -0.25) is 9.69 Å². The van der Waals surface area contributed by atoms with Crippen LogP contribution in [0.2, 0.25) is 0 Å². The Bertz CT molecular complexity index is 202. The molecule has 1 saturated heterocycles. The number of likely N-dealkylation sites (tertiary alicyclic amines) is 1. The largest absolute Gasteiger partial charge is 0.450 e. The Hall–Kier alpha value is -1.06. The third-order valence-corrected chi connectivity index (χ3v) is 2.03. The van der Waals surface area contributed by atoms with E-state index in [1.165, 1.54) is 4.90 Å². The van der Waals surface area contributed by atoms with Gasteiger partial charge in [0.15, 0.2) is 5.78 Å². The highest BCUT2D eigenvalue weighted by Gasteiger charge is 2.32. The molecule has 0 spiro atoms. The van der Waals surface area contributed by atoms with Crippen LogP contribution in [0.25, 0.3) is 0 Å². The topological polar surface area (TPSA) is 46.6 Å². The molecule has 0 aliphatic carbocycles. The minimum absolute atomic E-state index is 0.114. The van der Waals surface area contributed by atoms with Gasteiger partial charge in [0.1, 0.15) is 0 Å². The number of hydrogen-bond donors (Lipinski definition) is 0. The predicted octanol–water partition coefficient (Wildman–Crippen LogP) is 0.806. The number of amides is 1. The summed E-state index contributed by atoms with van der Waals surface area (Å²) >= 11 is 0. The molecule has 1 atom stereocenters. The van der Waals surface area contributed by atoms with Gasteiger partial charge in [0.25, 0.3) is 0 Å². The number of carbonyl (C=O) groups is 2. The number of rotatable bonds is 1. The lowest BCUT2D eigenvalue weighted by molar-refractivity contribution is -0.119. The minimum atomic E-state index is -0.379. The van der Waals surface area contributed by atoms with Crippen molar-refractivity contribution in [3.05, 3.63) is 0 Å². The zero-order valence-corrected chi connectivity index (χ0v) is 7.37. The van der Waals surface area contributed by atoms with E-state index in [0.29, 0.717) is 19.6 Å². The van der Waals surface area contributed by atoms with Crippen LogP contribution in [-0.4, -0.2) is 36.0 Å². The molecule has 1 aliphatic rings. The lowest BCUT2D eigenvalue weighted by Gasteiger charge is -2.18. The van der Waals surface area contributed by atoms with Crippen molar-refractivity contribution in [1.29, 1.82) is 0 Å². The van der Waals surface area contributed by atoms with Gasteiger partial charge in [0.2, 0.25) is 0 Å². The van der Waals surface area contributed by atoms with Crippen LogP contribution in [-0.2, 0) is 9.53 Å². The molecule has 1 heterocycles. The van der Waals surface area contributed by atoms with Gasteiger partial charge in [-0.25, -0.2) is 4.79 Å². The number of Topliss-reactive ketones (excluding diaryl/α,β-unsaturated/α-hetero) is 1. The molecule has 4 nitrogen and oxygen atoms in total. The van der Waals surface area contributed by atoms with E-state index in [1.54, 1.807) is 13.8 Å². The van der Waals surface area contributed by atoms with Crippen molar-refractivity contribution < 1.29 is 14.3 Å². The van der Waals surface area contributed by atoms with Gasteiger partial charge in [0, 0.05) is 13.0 Å². The molecule has 12 heavy (non-hydrogen) atoms. The fraction of sp³-hybridized carbons (Fsp3) is 0.750. The van der Waals surface area contributed by atoms with E-state index >= 15 is 0 Å². The maximum Gasteiger partial charge on any atom is 0.410 e. The second-order valence-corrected chi connectivity index (χ2v) is 2.78. The summed E-state index contributed by atoms with van der Waals surface area (Å²) in [5.41, 5.74) is 0. The first-order valence-electron chi connectivity index (χ1n) is 4.13. The fourth-order valence-corrected chi connectivity index (χ4v) is 1.26. The molecule has 1 rings (SSSR count). The molecule has 68 valence electrons. The van der Waals surface area contributed by atoms with Gasteiger partial charge in [-0.15, -0.1) is 0 Å². The molecule has 4 heteroatoms. The summed E-state index contributed by atoms with van der Waals surface area (Å²) in [5, 5.41) is 0. The second kappa shape index (κ2) is 3.56. The van der Waals surface area contributed by atoms with Gasteiger partial charge in [-0.1, -0.05) is 0 Å². The third kappa shape index (κ3) is 1.57. The van der Waals surface area contributed by atoms with Gasteiger partial charge >= 0.3 is 6.09 Å². The van der Waals surface area contributed by atoms with Crippen LogP contribution >= 0.6 is 0 Å². The third-order valence-electron chi connectivity index (χ3n) is 2.03. The Morgan fingerprint density at radius 3 is 2.83 bits per heavy atom. The highest BCUT2D eigenvalue weighted by Crippen LogP contribution is 2.13. The lowest BCUT2D eigenvalue weighted by atomic mass is 10.2. The molecule has 0 aromatic rings. The first kappa shape index (κ1) is 9.03. The van der Waals surface area contributed by atoms with Crippen molar-refractivity contribution in [2.75, 3.05) is 13.2 Å². The predicted molar refractivity (Wildman–Crippen MR) is 42.8 cm³/mol. The molecular weight excluding hydrogens is 158 g/mol. The van der Waals surface area contributed by atoms with Crippen LogP contribution in [0.1, 0.15) is 20.3 Å². The highest BCUT2D eigenvalue weighted by atomic mass is 16.6. The van der Waals surface area contributed by atoms with Gasteiger partial charge in [-0.05, 0) is 13.8 Å². The summed E-state index contributed by atoms with van der Waals surface area (Å²) in [6, 6.07) is -0.302. The smallest absolute Gasteiger partial charge is 0.410 e. The van der Waals surface area contributed by atoms with Crippen molar-refractivity contribution >= 4 is 11.9 Å². The van der Waals surface area contributed by atoms with Crippen molar-refractivity contribution in [3.8, 4) is 0 Å². The molecule has 0 radical (unpaired) electrons. The molecule has 1 fully saturated rings. The Morgan fingerprint density at radius 2 is 2.42 bits per heavy atom. The number of ether oxygens (including phenoxy) is 1. The van der Waals surface area contributed by atoms with Crippen molar-refractivity contribution in [1.82, 2.24) is 4.90 Å². The normalized spacial score (nSPS) is 23.0. The first-order valence-corrected chi connectivity index (χ1v) is 4.13. The van der Waals surface area contributed by atoms with E-state index in [2.05, 4.69) is 0 Å². The molecule has 1 amide bonds. The quantitative estimate of drug-likeness (QED) is 0.586. The zero-order chi connectivity index (χ0) is 9.14. The molecule has 0 bridgehead atoms. The van der Waals surface area contributed by atoms with E-state index < -0.39 is 0 Å². The summed E-state index contributed by atoms with van der Waals surface area (Å²) in [6.07, 6.45) is 0.0795. The van der Waals surface area contributed by atoms with E-state index in [4.69, 9.17) is 4.74 Å². The van der Waals surface area contributed by atoms with E-state index in [-0.39, 0.29) is 17.9 Å². The second-order valence-electron chi connectivity index (χ2n) is 2.78. The van der Waals surface area contributed by atoms with Crippen LogP contribution in [0.5, 0.6) is 0 Å². The number of carbonyl (C=O) groups excluding carboxylic acids is 2. The standard InChI is InChI=1S/C8H13NO3/c1-3-12-8(11)9-5-4-7(10)6(9)2/h6H,3-5H2,1-2H3. The van der Waals surface area contributed by atoms with Crippen LogP contribution in [0.4, 0.5) is 4.79 Å². The van der Waals surface area contributed by atoms with Crippen molar-refractivity contribution in [3.63, 3.8) is 0 Å². The summed E-state index contributed by atoms with van der Waals surface area (Å²) in [5.74, 6) is 0.114. The van der Waals surface area contributed by atoms with Crippen LogP contribution in [0, 0.1) is 0 Å². The summed E-state index contributed by atoms with van der Waals surface area (Å²) in [4.78, 5) is 23.7. The summed E-state index contributed by atoms with van der Waals surface area (Å²) in [6.45, 7) is 4.34. The van der Waals surface area contributed by atoms with E-state index in [9.17, 15) is 9.59 Å². The Balaban J connectivity index is 2.53. The Kier molecular flexibility index (Phi) is 2.68. The van der Waals surface area contributed by atoms with Crippen LogP contribution < -0.4 is 0 Å². The molecule has 0 saturated carbocycles. The maximum atomic E-state index is 11.2. The first-order chi connectivity index (χ1) is 5.66. The van der Waals surface area contributed by atoms with Gasteiger partial charge in [-0.2, -0.15) is 0 Å². The average molecular weight is 171 g/mol. The highest BCUT2D eigenvalue weighted by molar-refractivity contribution is 5.90. The summed E-state index contributed by atoms with van der Waals surface area (Å²) in [7, 11) is 0. The monoisotopic (exact) mass is 171 g/mol. The van der Waals surface area contributed by atoms with Crippen LogP contribution in [0.15, 0.2) is 0 Å². The van der Waals surface area contributed by atoms with Crippen LogP contribution in [0.3, 0.4) is 0 Å². The Morgan fingerprint density at radius 1 is 1.75 bits per heavy atom. The SMILES string of the molecule is CCOC(=O)N1CCC(=O)C1C. The molecule has 0 N–H and O–H groups in total. The van der Waals surface area contributed by atoms with Gasteiger partial charge in [0.05, 0.1) is 12.6 Å². The number of hydrogen-bond acceptors (Lipinski definition) is 3. The number of ketones is 1.